The van der Waals surface area contributed by atoms with E-state index in [9.17, 15) is 0 Å². The second kappa shape index (κ2) is 7.17. The van der Waals surface area contributed by atoms with Crippen LogP contribution in [0.2, 0.25) is 0 Å². The summed E-state index contributed by atoms with van der Waals surface area (Å²) in [6.45, 7) is 4.68. The number of rotatable bonds is 5. The van der Waals surface area contributed by atoms with Crippen LogP contribution in [0.5, 0.6) is 0 Å². The number of methoxy groups -OCH3 is 1. The van der Waals surface area contributed by atoms with Gasteiger partial charge < -0.3 is 19.4 Å². The maximum absolute atomic E-state index is 5.55. The molecule has 0 atom stereocenters. The van der Waals surface area contributed by atoms with Gasteiger partial charge in [-0.3, -0.25) is 4.99 Å². The van der Waals surface area contributed by atoms with Crippen LogP contribution in [0.4, 0.5) is 17.2 Å². The lowest BCUT2D eigenvalue weighted by atomic mass is 9.95. The number of nitrogens with one attached hydrogen (secondary N) is 1. The Morgan fingerprint density at radius 2 is 1.94 bits per heavy atom. The van der Waals surface area contributed by atoms with E-state index >= 15 is 0 Å². The van der Waals surface area contributed by atoms with E-state index in [4.69, 9.17) is 9.72 Å². The number of aromatic nitrogens is 3. The van der Waals surface area contributed by atoms with Gasteiger partial charge in [0.25, 0.3) is 0 Å². The maximum Gasteiger partial charge on any atom is 0.180 e. The van der Waals surface area contributed by atoms with Gasteiger partial charge in [-0.1, -0.05) is 12.1 Å². The summed E-state index contributed by atoms with van der Waals surface area (Å²) in [7, 11) is 1.78. The zero-order valence-corrected chi connectivity index (χ0v) is 18.1. The predicted octanol–water partition coefficient (Wildman–Crippen LogP) is 4.30. The number of aliphatic imine (C=N–C) groups is 1. The Morgan fingerprint density at radius 3 is 2.75 bits per heavy atom. The van der Waals surface area contributed by atoms with E-state index in [0.717, 1.165) is 48.0 Å². The maximum atomic E-state index is 5.55. The largest absolute Gasteiger partial charge is 0.375 e. The highest BCUT2D eigenvalue weighted by atomic mass is 16.5. The Kier molecular flexibility index (Phi) is 4.26. The van der Waals surface area contributed by atoms with Crippen LogP contribution in [0.15, 0.2) is 66.0 Å². The van der Waals surface area contributed by atoms with Crippen LogP contribution in [0.1, 0.15) is 18.1 Å². The molecule has 0 spiro atoms. The van der Waals surface area contributed by atoms with Gasteiger partial charge in [-0.05, 0) is 48.4 Å². The van der Waals surface area contributed by atoms with E-state index in [1.807, 2.05) is 23.0 Å². The molecular formula is C25H24N6O. The van der Waals surface area contributed by atoms with Gasteiger partial charge in [0.15, 0.2) is 11.5 Å². The lowest BCUT2D eigenvalue weighted by Gasteiger charge is -2.48. The molecule has 1 fully saturated rings. The van der Waals surface area contributed by atoms with Gasteiger partial charge >= 0.3 is 0 Å². The minimum atomic E-state index is -0.0444. The van der Waals surface area contributed by atoms with E-state index in [1.54, 1.807) is 13.3 Å². The number of hydrogen-bond acceptors (Lipinski definition) is 6. The Balaban J connectivity index is 1.28. The molecule has 0 amide bonds. The van der Waals surface area contributed by atoms with Crippen LogP contribution in [-0.2, 0) is 11.3 Å². The van der Waals surface area contributed by atoms with Crippen LogP contribution in [-0.4, -0.2) is 46.4 Å². The first kappa shape index (κ1) is 19.0. The summed E-state index contributed by atoms with van der Waals surface area (Å²) in [5, 5.41) is 3.46. The number of benzene rings is 2. The van der Waals surface area contributed by atoms with E-state index < -0.39 is 0 Å². The molecule has 0 radical (unpaired) electrons. The van der Waals surface area contributed by atoms with E-state index in [1.165, 1.54) is 16.8 Å². The Morgan fingerprint density at radius 1 is 1.09 bits per heavy atom. The minimum Gasteiger partial charge on any atom is -0.375 e. The SMILES string of the molecule is COC1(C)CN(c2ccc(Nc3nc(-c4ccc5c(c4)CN=C5)cn4ccnc34)cc2)C1. The summed E-state index contributed by atoms with van der Waals surface area (Å²) in [6, 6.07) is 14.8. The van der Waals surface area contributed by atoms with Gasteiger partial charge in [-0.15, -0.1) is 0 Å². The molecule has 32 heavy (non-hydrogen) atoms. The molecule has 1 N–H and O–H groups in total. The standard InChI is InChI=1S/C25H24N6O/c1-25(32-2)15-31(16-25)21-7-5-20(6-8-21)28-23-24-27-9-10-30(24)14-22(29-23)17-3-4-18-12-26-13-19(18)11-17/h3-12,14H,13,15-16H2,1-2H3,(H,28,29). The molecule has 1 saturated heterocycles. The average Bonchev–Trinajstić information content (AvgIpc) is 3.46. The first-order valence-electron chi connectivity index (χ1n) is 10.7. The molecule has 7 nitrogen and oxygen atoms in total. The first-order chi connectivity index (χ1) is 15.6. The van der Waals surface area contributed by atoms with Crippen LogP contribution in [0.3, 0.4) is 0 Å². The van der Waals surface area contributed by atoms with Crippen molar-refractivity contribution in [1.82, 2.24) is 14.4 Å². The molecule has 0 unspecified atom stereocenters. The lowest BCUT2D eigenvalue weighted by Crippen LogP contribution is -2.61. The van der Waals surface area contributed by atoms with Gasteiger partial charge in [0.1, 0.15) is 0 Å². The molecule has 2 aromatic heterocycles. The predicted molar refractivity (Wildman–Crippen MR) is 127 cm³/mol. The third-order valence-corrected chi connectivity index (χ3v) is 6.34. The van der Waals surface area contributed by atoms with Crippen molar-refractivity contribution in [2.75, 3.05) is 30.4 Å². The molecule has 6 rings (SSSR count). The monoisotopic (exact) mass is 424 g/mol. The molecule has 2 aromatic carbocycles. The summed E-state index contributed by atoms with van der Waals surface area (Å²) < 4.78 is 7.56. The lowest BCUT2D eigenvalue weighted by molar-refractivity contribution is -0.0167. The number of imidazole rings is 1. The molecule has 0 saturated carbocycles. The van der Waals surface area contributed by atoms with E-state index in [-0.39, 0.29) is 5.60 Å². The fourth-order valence-electron chi connectivity index (χ4n) is 4.39. The molecule has 0 aliphatic carbocycles. The smallest absolute Gasteiger partial charge is 0.180 e. The van der Waals surface area contributed by atoms with Crippen molar-refractivity contribution < 1.29 is 4.74 Å². The zero-order valence-electron chi connectivity index (χ0n) is 18.1. The second-order valence-corrected chi connectivity index (χ2v) is 8.70. The van der Waals surface area contributed by atoms with Crippen molar-refractivity contribution >= 4 is 29.1 Å². The number of hydrogen-bond donors (Lipinski definition) is 1. The van der Waals surface area contributed by atoms with E-state index in [0.29, 0.717) is 0 Å². The number of anilines is 3. The highest BCUT2D eigenvalue weighted by Crippen LogP contribution is 2.31. The summed E-state index contributed by atoms with van der Waals surface area (Å²) in [5.74, 6) is 0.730. The molecule has 160 valence electrons. The molecule has 4 aromatic rings. The van der Waals surface area contributed by atoms with Gasteiger partial charge in [-0.25, -0.2) is 9.97 Å². The summed E-state index contributed by atoms with van der Waals surface area (Å²) in [4.78, 5) is 16.1. The summed E-state index contributed by atoms with van der Waals surface area (Å²) in [5.41, 5.74) is 7.29. The third-order valence-electron chi connectivity index (χ3n) is 6.34. The molecular weight excluding hydrogens is 400 g/mol. The van der Waals surface area contributed by atoms with Crippen LogP contribution in [0.25, 0.3) is 16.9 Å². The van der Waals surface area contributed by atoms with Crippen LogP contribution >= 0.6 is 0 Å². The topological polar surface area (TPSA) is 67.0 Å². The van der Waals surface area contributed by atoms with Gasteiger partial charge in [0.2, 0.25) is 0 Å². The molecule has 2 aliphatic heterocycles. The first-order valence-corrected chi connectivity index (χ1v) is 10.7. The zero-order chi connectivity index (χ0) is 21.7. The van der Waals surface area contributed by atoms with Crippen molar-refractivity contribution in [1.29, 1.82) is 0 Å². The molecule has 7 heteroatoms. The Bertz CT molecular complexity index is 1330. The molecule has 0 bridgehead atoms. The third kappa shape index (κ3) is 3.22. The van der Waals surface area contributed by atoms with Crippen molar-refractivity contribution in [2.45, 2.75) is 19.1 Å². The highest BCUT2D eigenvalue weighted by Gasteiger charge is 2.38. The van der Waals surface area contributed by atoms with Gasteiger partial charge in [0, 0.05) is 61.9 Å². The fraction of sp³-hybridized carbons (Fsp3) is 0.240. The number of ether oxygens (including phenoxy) is 1. The average molecular weight is 425 g/mol. The quantitative estimate of drug-likeness (QED) is 0.518. The minimum absolute atomic E-state index is 0.0444. The Hall–Kier alpha value is -3.71. The van der Waals surface area contributed by atoms with Gasteiger partial charge in [0.05, 0.1) is 17.8 Å². The van der Waals surface area contributed by atoms with Crippen molar-refractivity contribution in [3.8, 4) is 11.3 Å². The van der Waals surface area contributed by atoms with Crippen molar-refractivity contribution in [3.05, 3.63) is 72.2 Å². The van der Waals surface area contributed by atoms with Crippen LogP contribution in [0, 0.1) is 0 Å². The second-order valence-electron chi connectivity index (χ2n) is 8.70. The van der Waals surface area contributed by atoms with Gasteiger partial charge in [-0.2, -0.15) is 0 Å². The van der Waals surface area contributed by atoms with Crippen LogP contribution < -0.4 is 10.2 Å². The van der Waals surface area contributed by atoms with E-state index in [2.05, 4.69) is 69.6 Å². The number of fused-ring (bicyclic) bond motifs is 2. The summed E-state index contributed by atoms with van der Waals surface area (Å²) in [6.07, 6.45) is 7.69. The normalized spacial score (nSPS) is 16.2. The number of nitrogens with zero attached hydrogens (tertiary/aromatic N) is 5. The molecule has 4 heterocycles. The van der Waals surface area contributed by atoms with Crippen molar-refractivity contribution in [3.63, 3.8) is 0 Å². The fourth-order valence-corrected chi connectivity index (χ4v) is 4.39. The Labute approximate surface area is 186 Å². The highest BCUT2D eigenvalue weighted by molar-refractivity contribution is 5.86. The summed E-state index contributed by atoms with van der Waals surface area (Å²) >= 11 is 0. The molecule has 2 aliphatic rings. The van der Waals surface area contributed by atoms with Crippen molar-refractivity contribution in [2.24, 2.45) is 4.99 Å².